The van der Waals surface area contributed by atoms with E-state index in [9.17, 15) is 13.2 Å². The molecule has 0 aromatic heterocycles. The number of hydrogen-bond acceptors (Lipinski definition) is 3. The number of nitrogens with one attached hydrogen (secondary N) is 2. The van der Waals surface area contributed by atoms with Crippen molar-refractivity contribution in [3.63, 3.8) is 0 Å². The van der Waals surface area contributed by atoms with Crippen LogP contribution in [0.15, 0.2) is 47.4 Å². The van der Waals surface area contributed by atoms with Gasteiger partial charge in [-0.3, -0.25) is 9.52 Å². The predicted molar refractivity (Wildman–Crippen MR) is 96.0 cm³/mol. The summed E-state index contributed by atoms with van der Waals surface area (Å²) in [5, 5.41) is 3.06. The van der Waals surface area contributed by atoms with Gasteiger partial charge in [-0.1, -0.05) is 29.8 Å². The molecule has 7 heteroatoms. The molecule has 0 bridgehead atoms. The molecule has 0 heterocycles. The normalized spacial score (nSPS) is 11.4. The van der Waals surface area contributed by atoms with E-state index in [0.717, 1.165) is 0 Å². The molecule has 0 saturated carbocycles. The highest BCUT2D eigenvalue weighted by Gasteiger charge is 2.19. The molecule has 24 heavy (non-hydrogen) atoms. The molecule has 128 valence electrons. The standard InChI is InChI=1S/C17H19ClN2O3S/c1-11(2)19-17(21)14-10-13(9-8-12(14)3)24(22,23)20-16-7-5-4-6-15(16)18/h4-11,20H,1-3H3,(H,19,21). The predicted octanol–water partition coefficient (Wildman–Crippen LogP) is 3.59. The molecule has 2 N–H and O–H groups in total. The summed E-state index contributed by atoms with van der Waals surface area (Å²) in [6.07, 6.45) is 0. The molecule has 0 spiro atoms. The highest BCUT2D eigenvalue weighted by atomic mass is 35.5. The maximum Gasteiger partial charge on any atom is 0.261 e. The molecule has 2 aromatic carbocycles. The van der Waals surface area contributed by atoms with Gasteiger partial charge in [0.15, 0.2) is 0 Å². The minimum atomic E-state index is -3.85. The lowest BCUT2D eigenvalue weighted by Crippen LogP contribution is -2.30. The number of carbonyl (C=O) groups excluding carboxylic acids is 1. The number of amides is 1. The number of benzene rings is 2. The van der Waals surface area contributed by atoms with Crippen molar-refractivity contribution in [1.82, 2.24) is 5.32 Å². The second kappa shape index (κ2) is 7.23. The number of aryl methyl sites for hydroxylation is 1. The Balaban J connectivity index is 2.37. The summed E-state index contributed by atoms with van der Waals surface area (Å²) in [5.74, 6) is -0.308. The summed E-state index contributed by atoms with van der Waals surface area (Å²) in [6, 6.07) is 10.9. The fourth-order valence-electron chi connectivity index (χ4n) is 2.10. The Hall–Kier alpha value is -2.05. The molecule has 0 radical (unpaired) electrons. The Labute approximate surface area is 147 Å². The molecule has 2 aromatic rings. The van der Waals surface area contributed by atoms with E-state index >= 15 is 0 Å². The van der Waals surface area contributed by atoms with E-state index in [2.05, 4.69) is 10.0 Å². The minimum Gasteiger partial charge on any atom is -0.350 e. The topological polar surface area (TPSA) is 75.3 Å². The Bertz CT molecular complexity index is 864. The molecule has 0 unspecified atom stereocenters. The molecule has 0 atom stereocenters. The lowest BCUT2D eigenvalue weighted by molar-refractivity contribution is 0.0942. The summed E-state index contributed by atoms with van der Waals surface area (Å²) in [6.45, 7) is 5.44. The molecule has 0 aliphatic carbocycles. The van der Waals surface area contributed by atoms with Crippen molar-refractivity contribution in [3.8, 4) is 0 Å². The lowest BCUT2D eigenvalue weighted by atomic mass is 10.1. The first kappa shape index (κ1) is 18.3. The number of carbonyl (C=O) groups is 1. The summed E-state index contributed by atoms with van der Waals surface area (Å²) >= 11 is 5.99. The minimum absolute atomic E-state index is 0.00178. The van der Waals surface area contributed by atoms with Gasteiger partial charge in [-0.2, -0.15) is 0 Å². The zero-order valence-electron chi connectivity index (χ0n) is 13.6. The van der Waals surface area contributed by atoms with Crippen molar-refractivity contribution < 1.29 is 13.2 Å². The van der Waals surface area contributed by atoms with E-state index in [0.29, 0.717) is 16.1 Å². The molecule has 1 amide bonds. The Morgan fingerprint density at radius 2 is 1.79 bits per heavy atom. The molecule has 0 aliphatic rings. The van der Waals surface area contributed by atoms with Crippen LogP contribution in [0, 0.1) is 6.92 Å². The second-order valence-corrected chi connectivity index (χ2v) is 7.78. The van der Waals surface area contributed by atoms with Gasteiger partial charge in [0.1, 0.15) is 0 Å². The third-order valence-electron chi connectivity index (χ3n) is 3.30. The highest BCUT2D eigenvalue weighted by molar-refractivity contribution is 7.92. The van der Waals surface area contributed by atoms with Gasteiger partial charge in [0.2, 0.25) is 0 Å². The van der Waals surface area contributed by atoms with Crippen molar-refractivity contribution in [2.24, 2.45) is 0 Å². The van der Waals surface area contributed by atoms with E-state index in [1.165, 1.54) is 12.1 Å². The number of rotatable bonds is 5. The first-order chi connectivity index (χ1) is 11.2. The van der Waals surface area contributed by atoms with Crippen molar-refractivity contribution in [2.75, 3.05) is 4.72 Å². The van der Waals surface area contributed by atoms with Gasteiger partial charge < -0.3 is 5.32 Å². The molecule has 0 saturated heterocycles. The summed E-state index contributed by atoms with van der Waals surface area (Å²) in [7, 11) is -3.85. The molecular weight excluding hydrogens is 348 g/mol. The first-order valence-corrected chi connectivity index (χ1v) is 9.25. The van der Waals surface area contributed by atoms with Crippen molar-refractivity contribution in [2.45, 2.75) is 31.7 Å². The van der Waals surface area contributed by atoms with Crippen LogP contribution in [0.5, 0.6) is 0 Å². The third-order valence-corrected chi connectivity index (χ3v) is 4.99. The van der Waals surface area contributed by atoms with Crippen LogP contribution >= 0.6 is 11.6 Å². The van der Waals surface area contributed by atoms with Crippen LogP contribution in [-0.2, 0) is 10.0 Å². The fraction of sp³-hybridized carbons (Fsp3) is 0.235. The Morgan fingerprint density at radius 1 is 1.12 bits per heavy atom. The van der Waals surface area contributed by atoms with E-state index in [1.54, 1.807) is 37.3 Å². The molecule has 5 nitrogen and oxygen atoms in total. The van der Waals surface area contributed by atoms with Crippen LogP contribution in [0.1, 0.15) is 29.8 Å². The van der Waals surface area contributed by atoms with Crippen molar-refractivity contribution >= 4 is 33.2 Å². The van der Waals surface area contributed by atoms with Gasteiger partial charge >= 0.3 is 0 Å². The highest BCUT2D eigenvalue weighted by Crippen LogP contribution is 2.25. The van der Waals surface area contributed by atoms with Crippen LogP contribution in [0.2, 0.25) is 5.02 Å². The van der Waals surface area contributed by atoms with Crippen molar-refractivity contribution in [1.29, 1.82) is 0 Å². The van der Waals surface area contributed by atoms with E-state index < -0.39 is 10.0 Å². The third kappa shape index (κ3) is 4.27. The Morgan fingerprint density at radius 3 is 2.42 bits per heavy atom. The number of hydrogen-bond donors (Lipinski definition) is 2. The SMILES string of the molecule is Cc1ccc(S(=O)(=O)Nc2ccccc2Cl)cc1C(=O)NC(C)C. The van der Waals surface area contributed by atoms with Crippen LogP contribution in [0.25, 0.3) is 0 Å². The smallest absolute Gasteiger partial charge is 0.261 e. The van der Waals surface area contributed by atoms with Gasteiger partial charge in [0, 0.05) is 11.6 Å². The number of halogens is 1. The molecule has 2 rings (SSSR count). The number of para-hydroxylation sites is 1. The quantitative estimate of drug-likeness (QED) is 0.849. The number of anilines is 1. The fourth-order valence-corrected chi connectivity index (χ4v) is 3.45. The summed E-state index contributed by atoms with van der Waals surface area (Å²) in [5.41, 5.74) is 1.31. The molecule has 0 fully saturated rings. The van der Waals surface area contributed by atoms with Gasteiger partial charge in [0.25, 0.3) is 15.9 Å². The van der Waals surface area contributed by atoms with Crippen LogP contribution < -0.4 is 10.0 Å². The van der Waals surface area contributed by atoms with Crippen LogP contribution in [-0.4, -0.2) is 20.4 Å². The van der Waals surface area contributed by atoms with Crippen LogP contribution in [0.3, 0.4) is 0 Å². The van der Waals surface area contributed by atoms with Gasteiger partial charge in [-0.25, -0.2) is 8.42 Å². The monoisotopic (exact) mass is 366 g/mol. The van der Waals surface area contributed by atoms with Gasteiger partial charge in [-0.15, -0.1) is 0 Å². The van der Waals surface area contributed by atoms with Gasteiger partial charge in [-0.05, 0) is 50.6 Å². The zero-order chi connectivity index (χ0) is 17.9. The van der Waals surface area contributed by atoms with Gasteiger partial charge in [0.05, 0.1) is 15.6 Å². The largest absolute Gasteiger partial charge is 0.350 e. The average molecular weight is 367 g/mol. The van der Waals surface area contributed by atoms with E-state index in [-0.39, 0.29) is 22.5 Å². The van der Waals surface area contributed by atoms with E-state index in [1.807, 2.05) is 13.8 Å². The second-order valence-electron chi connectivity index (χ2n) is 5.69. The zero-order valence-corrected chi connectivity index (χ0v) is 15.2. The molecule has 0 aliphatic heterocycles. The van der Waals surface area contributed by atoms with Crippen molar-refractivity contribution in [3.05, 3.63) is 58.6 Å². The molecular formula is C17H19ClN2O3S. The van der Waals surface area contributed by atoms with E-state index in [4.69, 9.17) is 11.6 Å². The maximum atomic E-state index is 12.6. The number of sulfonamides is 1. The lowest BCUT2D eigenvalue weighted by Gasteiger charge is -2.13. The average Bonchev–Trinajstić information content (AvgIpc) is 2.49. The maximum absolute atomic E-state index is 12.6. The van der Waals surface area contributed by atoms with Crippen LogP contribution in [0.4, 0.5) is 5.69 Å². The summed E-state index contributed by atoms with van der Waals surface area (Å²) < 4.78 is 27.6. The first-order valence-electron chi connectivity index (χ1n) is 7.39. The summed E-state index contributed by atoms with van der Waals surface area (Å²) in [4.78, 5) is 12.2. The Kier molecular flexibility index (Phi) is 5.51.